The van der Waals surface area contributed by atoms with E-state index < -0.39 is 11.7 Å². The average Bonchev–Trinajstić information content (AvgIpc) is 2.59. The van der Waals surface area contributed by atoms with Gasteiger partial charge in [-0.2, -0.15) is 0 Å². The van der Waals surface area contributed by atoms with Gasteiger partial charge < -0.3 is 10.1 Å². The van der Waals surface area contributed by atoms with Crippen LogP contribution in [0.3, 0.4) is 0 Å². The molecule has 3 nitrogen and oxygen atoms in total. The summed E-state index contributed by atoms with van der Waals surface area (Å²) in [7, 11) is 0. The van der Waals surface area contributed by atoms with Crippen molar-refractivity contribution < 1.29 is 9.53 Å². The van der Waals surface area contributed by atoms with Crippen LogP contribution in [0.4, 0.5) is 4.79 Å². The van der Waals surface area contributed by atoms with Crippen molar-refractivity contribution in [2.45, 2.75) is 44.2 Å². The number of nitrogens with one attached hydrogen (secondary N) is 1. The number of hydrogen-bond acceptors (Lipinski definition) is 3. The summed E-state index contributed by atoms with van der Waals surface area (Å²) in [5, 5.41) is 3.02. The molecule has 0 aliphatic carbocycles. The van der Waals surface area contributed by atoms with Gasteiger partial charge in [0.25, 0.3) is 0 Å². The second-order valence-electron chi connectivity index (χ2n) is 7.20. The first-order valence-electron chi connectivity index (χ1n) is 8.72. The highest BCUT2D eigenvalue weighted by atomic mass is 32.2. The van der Waals surface area contributed by atoms with Gasteiger partial charge >= 0.3 is 6.09 Å². The van der Waals surface area contributed by atoms with E-state index in [0.717, 1.165) is 15.4 Å². The maximum Gasteiger partial charge on any atom is 0.408 e. The van der Waals surface area contributed by atoms with Crippen molar-refractivity contribution in [2.75, 3.05) is 0 Å². The molecule has 0 aliphatic rings. The number of carbonyl (C=O) groups excluding carboxylic acids is 1. The van der Waals surface area contributed by atoms with Crippen LogP contribution in [0, 0.1) is 5.92 Å². The number of amides is 1. The van der Waals surface area contributed by atoms with Crippen LogP contribution in [0.15, 0.2) is 77.0 Å². The van der Waals surface area contributed by atoms with Gasteiger partial charge in [-0.3, -0.25) is 0 Å². The first-order valence-corrected chi connectivity index (χ1v) is 9.54. The number of rotatable bonds is 6. The van der Waals surface area contributed by atoms with Gasteiger partial charge in [0.15, 0.2) is 0 Å². The van der Waals surface area contributed by atoms with Crippen molar-refractivity contribution in [2.24, 2.45) is 5.92 Å². The SMILES string of the molecule is C=C(Sc1ccccc1)[C@@H](C)[C@@H](NC(=O)OC(C)(C)C)c1ccccc1. The Balaban J connectivity index is 2.17. The lowest BCUT2D eigenvalue weighted by Gasteiger charge is -2.28. The van der Waals surface area contributed by atoms with Gasteiger partial charge in [0.05, 0.1) is 6.04 Å². The molecule has 0 saturated carbocycles. The molecule has 26 heavy (non-hydrogen) atoms. The normalized spacial score (nSPS) is 13.5. The molecule has 0 saturated heterocycles. The molecule has 0 heterocycles. The highest BCUT2D eigenvalue weighted by Crippen LogP contribution is 2.37. The minimum absolute atomic E-state index is 0.0233. The quantitative estimate of drug-likeness (QED) is 0.617. The first kappa shape index (κ1) is 20.1. The molecule has 0 unspecified atom stereocenters. The van der Waals surface area contributed by atoms with Gasteiger partial charge in [-0.05, 0) is 43.4 Å². The van der Waals surface area contributed by atoms with Crippen LogP contribution >= 0.6 is 11.8 Å². The molecule has 2 aromatic rings. The molecular formula is C22H27NO2S. The number of alkyl carbamates (subject to hydrolysis) is 1. The van der Waals surface area contributed by atoms with Crippen molar-refractivity contribution in [3.8, 4) is 0 Å². The minimum Gasteiger partial charge on any atom is -0.444 e. The van der Waals surface area contributed by atoms with Crippen molar-refractivity contribution in [1.82, 2.24) is 5.32 Å². The monoisotopic (exact) mass is 369 g/mol. The third-order valence-corrected chi connectivity index (χ3v) is 4.97. The number of thioether (sulfide) groups is 1. The Morgan fingerprint density at radius 2 is 1.58 bits per heavy atom. The predicted octanol–water partition coefficient (Wildman–Crippen LogP) is 6.19. The minimum atomic E-state index is -0.537. The summed E-state index contributed by atoms with van der Waals surface area (Å²) in [6.45, 7) is 11.9. The zero-order valence-electron chi connectivity index (χ0n) is 15.9. The third-order valence-electron chi connectivity index (χ3n) is 3.83. The van der Waals surface area contributed by atoms with E-state index in [-0.39, 0.29) is 12.0 Å². The lowest BCUT2D eigenvalue weighted by atomic mass is 9.94. The van der Waals surface area contributed by atoms with Gasteiger partial charge in [-0.15, -0.1) is 0 Å². The maximum atomic E-state index is 12.4. The molecule has 2 aromatic carbocycles. The average molecular weight is 370 g/mol. The molecule has 0 fully saturated rings. The first-order chi connectivity index (χ1) is 12.3. The standard InChI is InChI=1S/C22H27NO2S/c1-16(17(2)26-19-14-10-7-11-15-19)20(18-12-8-6-9-13-18)23-21(24)25-22(3,4)5/h6-16,20H,2H2,1,3-5H3,(H,23,24)/t16-,20-/m1/s1. The van der Waals surface area contributed by atoms with E-state index in [1.165, 1.54) is 0 Å². The second kappa shape index (κ2) is 8.95. The molecule has 1 amide bonds. The van der Waals surface area contributed by atoms with Gasteiger partial charge in [-0.25, -0.2) is 4.79 Å². The van der Waals surface area contributed by atoms with Crippen LogP contribution < -0.4 is 5.32 Å². The highest BCUT2D eigenvalue weighted by molar-refractivity contribution is 8.03. The number of hydrogen-bond donors (Lipinski definition) is 1. The molecule has 4 heteroatoms. The molecule has 0 aliphatic heterocycles. The zero-order chi connectivity index (χ0) is 19.2. The Kier molecular flexibility index (Phi) is 6.92. The molecule has 0 aromatic heterocycles. The largest absolute Gasteiger partial charge is 0.444 e. The molecule has 0 bridgehead atoms. The summed E-state index contributed by atoms with van der Waals surface area (Å²) in [5.41, 5.74) is 0.491. The molecule has 2 rings (SSSR count). The predicted molar refractivity (Wildman–Crippen MR) is 109 cm³/mol. The summed E-state index contributed by atoms with van der Waals surface area (Å²) in [6.07, 6.45) is -0.421. The number of ether oxygens (including phenoxy) is 1. The molecule has 1 N–H and O–H groups in total. The van der Waals surface area contributed by atoms with Crippen LogP contribution in [-0.2, 0) is 4.74 Å². The Morgan fingerprint density at radius 1 is 1.04 bits per heavy atom. The Morgan fingerprint density at radius 3 is 2.12 bits per heavy atom. The van der Waals surface area contributed by atoms with Crippen LogP contribution in [-0.4, -0.2) is 11.7 Å². The van der Waals surface area contributed by atoms with E-state index in [0.29, 0.717) is 0 Å². The fourth-order valence-electron chi connectivity index (χ4n) is 2.51. The summed E-state index contributed by atoms with van der Waals surface area (Å²) in [6, 6.07) is 19.8. The van der Waals surface area contributed by atoms with Gasteiger partial charge in [0.2, 0.25) is 0 Å². The Bertz CT molecular complexity index is 723. The molecule has 2 atom stereocenters. The van der Waals surface area contributed by atoms with E-state index in [1.54, 1.807) is 11.8 Å². The molecular weight excluding hydrogens is 342 g/mol. The third kappa shape index (κ3) is 6.26. The Hall–Kier alpha value is -2.20. The van der Waals surface area contributed by atoms with Crippen molar-refractivity contribution in [1.29, 1.82) is 0 Å². The van der Waals surface area contributed by atoms with Crippen molar-refractivity contribution >= 4 is 17.9 Å². The topological polar surface area (TPSA) is 38.3 Å². The summed E-state index contributed by atoms with van der Waals surface area (Å²) < 4.78 is 5.45. The van der Waals surface area contributed by atoms with Crippen LogP contribution in [0.2, 0.25) is 0 Å². The summed E-state index contributed by atoms with van der Waals surface area (Å²) in [4.78, 5) is 14.5. The summed E-state index contributed by atoms with van der Waals surface area (Å²) in [5.74, 6) is 0.0233. The zero-order valence-corrected chi connectivity index (χ0v) is 16.7. The van der Waals surface area contributed by atoms with E-state index in [1.807, 2.05) is 69.3 Å². The molecule has 0 radical (unpaired) electrons. The highest BCUT2D eigenvalue weighted by Gasteiger charge is 2.26. The van der Waals surface area contributed by atoms with Gasteiger partial charge in [-0.1, -0.05) is 73.8 Å². The van der Waals surface area contributed by atoms with E-state index in [4.69, 9.17) is 4.74 Å². The smallest absolute Gasteiger partial charge is 0.408 e. The molecule has 138 valence electrons. The van der Waals surface area contributed by atoms with Crippen molar-refractivity contribution in [3.05, 3.63) is 77.7 Å². The molecule has 0 spiro atoms. The Labute approximate surface area is 160 Å². The second-order valence-corrected chi connectivity index (χ2v) is 8.40. The van der Waals surface area contributed by atoms with Gasteiger partial charge in [0.1, 0.15) is 5.60 Å². The number of benzene rings is 2. The van der Waals surface area contributed by atoms with Crippen LogP contribution in [0.5, 0.6) is 0 Å². The summed E-state index contributed by atoms with van der Waals surface area (Å²) >= 11 is 1.63. The van der Waals surface area contributed by atoms with Gasteiger partial charge in [0, 0.05) is 10.8 Å². The lowest BCUT2D eigenvalue weighted by molar-refractivity contribution is 0.0493. The van der Waals surface area contributed by atoms with Crippen molar-refractivity contribution in [3.63, 3.8) is 0 Å². The van der Waals surface area contributed by atoms with E-state index in [2.05, 4.69) is 31.0 Å². The fraction of sp³-hybridized carbons (Fsp3) is 0.318. The fourth-order valence-corrected chi connectivity index (χ4v) is 3.43. The van der Waals surface area contributed by atoms with E-state index in [9.17, 15) is 4.79 Å². The van der Waals surface area contributed by atoms with E-state index >= 15 is 0 Å². The van der Waals surface area contributed by atoms with Crippen LogP contribution in [0.25, 0.3) is 0 Å². The lowest BCUT2D eigenvalue weighted by Crippen LogP contribution is -2.37. The maximum absolute atomic E-state index is 12.4. The van der Waals surface area contributed by atoms with Crippen LogP contribution in [0.1, 0.15) is 39.3 Å². The number of carbonyl (C=O) groups is 1.